The lowest BCUT2D eigenvalue weighted by Gasteiger charge is -2.15. The molecule has 0 spiro atoms. The highest BCUT2D eigenvalue weighted by Crippen LogP contribution is 2.20. The maximum Gasteiger partial charge on any atom is 0.179 e. The van der Waals surface area contributed by atoms with Gasteiger partial charge in [-0.2, -0.15) is 0 Å². The van der Waals surface area contributed by atoms with Crippen LogP contribution in [0.5, 0.6) is 0 Å². The number of nitrogens with zero attached hydrogens (tertiary/aromatic N) is 2. The van der Waals surface area contributed by atoms with E-state index >= 15 is 0 Å². The summed E-state index contributed by atoms with van der Waals surface area (Å²) in [6.45, 7) is 6.55. The number of aromatic nitrogens is 3. The molecule has 4 nitrogen and oxygen atoms in total. The molecule has 0 aromatic carbocycles. The van der Waals surface area contributed by atoms with E-state index in [2.05, 4.69) is 35.7 Å². The Morgan fingerprint density at radius 1 is 1.27 bits per heavy atom. The molecule has 0 fully saturated rings. The van der Waals surface area contributed by atoms with Gasteiger partial charge in [0.1, 0.15) is 11.6 Å². The molecule has 2 heterocycles. The third-order valence-electron chi connectivity index (χ3n) is 2.11. The number of H-pyrrole nitrogens is 1. The van der Waals surface area contributed by atoms with Crippen LogP contribution in [0.1, 0.15) is 26.6 Å². The van der Waals surface area contributed by atoms with E-state index in [0.717, 1.165) is 17.8 Å². The minimum absolute atomic E-state index is 0.222. The molecular weight excluding hydrogens is 188 g/mol. The van der Waals surface area contributed by atoms with Gasteiger partial charge >= 0.3 is 0 Å². The van der Waals surface area contributed by atoms with Gasteiger partial charge in [0.15, 0.2) is 5.65 Å². The van der Waals surface area contributed by atoms with Crippen molar-refractivity contribution in [2.45, 2.75) is 27.2 Å². The van der Waals surface area contributed by atoms with Crippen molar-refractivity contribution in [3.05, 3.63) is 18.0 Å². The summed E-state index contributed by atoms with van der Waals surface area (Å²) >= 11 is 0. The first-order valence-corrected chi connectivity index (χ1v) is 5.05. The Labute approximate surface area is 88.9 Å². The van der Waals surface area contributed by atoms with Crippen LogP contribution < -0.4 is 5.73 Å². The summed E-state index contributed by atoms with van der Waals surface area (Å²) in [4.78, 5) is 11.8. The van der Waals surface area contributed by atoms with Crippen molar-refractivity contribution < 1.29 is 0 Å². The molecule has 3 N–H and O–H groups in total. The fraction of sp³-hybridized carbons (Fsp3) is 0.455. The van der Waals surface area contributed by atoms with Crippen LogP contribution in [-0.4, -0.2) is 15.0 Å². The number of nitrogens with one attached hydrogen (secondary N) is 1. The van der Waals surface area contributed by atoms with E-state index < -0.39 is 0 Å². The predicted molar refractivity (Wildman–Crippen MR) is 61.5 cm³/mol. The normalized spacial score (nSPS) is 12.2. The zero-order chi connectivity index (χ0) is 11.1. The van der Waals surface area contributed by atoms with Crippen molar-refractivity contribution in [3.63, 3.8) is 0 Å². The van der Waals surface area contributed by atoms with Crippen LogP contribution in [0.3, 0.4) is 0 Å². The summed E-state index contributed by atoms with van der Waals surface area (Å²) in [5.74, 6) is 1.48. The standard InChI is InChI=1S/C11H16N4/c1-11(2,3)6-9-13-7-4-5-8(12)14-10(7)15-9/h4-5H,6H2,1-3H3,(H3,12,13,14,15). The summed E-state index contributed by atoms with van der Waals surface area (Å²) in [6.07, 6.45) is 0.906. The molecule has 0 radical (unpaired) electrons. The first-order valence-electron chi connectivity index (χ1n) is 5.05. The number of nitrogens with two attached hydrogens (primary N) is 1. The highest BCUT2D eigenvalue weighted by molar-refractivity contribution is 5.72. The van der Waals surface area contributed by atoms with Crippen LogP contribution in [0, 0.1) is 5.41 Å². The maximum absolute atomic E-state index is 5.60. The van der Waals surface area contributed by atoms with Crippen molar-refractivity contribution in [1.82, 2.24) is 15.0 Å². The molecule has 2 rings (SSSR count). The molecule has 2 aromatic rings. The van der Waals surface area contributed by atoms with Crippen LogP contribution in [0.15, 0.2) is 12.1 Å². The van der Waals surface area contributed by atoms with Crippen molar-refractivity contribution in [2.24, 2.45) is 5.41 Å². The largest absolute Gasteiger partial charge is 0.384 e. The lowest BCUT2D eigenvalue weighted by atomic mass is 9.92. The lowest BCUT2D eigenvalue weighted by molar-refractivity contribution is 0.402. The second kappa shape index (κ2) is 3.22. The number of rotatable bonds is 1. The van der Waals surface area contributed by atoms with Gasteiger partial charge < -0.3 is 10.7 Å². The topological polar surface area (TPSA) is 67.6 Å². The number of imidazole rings is 1. The lowest BCUT2D eigenvalue weighted by Crippen LogP contribution is -2.10. The zero-order valence-corrected chi connectivity index (χ0v) is 9.33. The second-order valence-corrected chi connectivity index (χ2v) is 5.03. The molecule has 15 heavy (non-hydrogen) atoms. The number of pyridine rings is 1. The summed E-state index contributed by atoms with van der Waals surface area (Å²) < 4.78 is 0. The molecule has 80 valence electrons. The number of hydrogen-bond acceptors (Lipinski definition) is 3. The molecule has 2 aromatic heterocycles. The minimum Gasteiger partial charge on any atom is -0.384 e. The number of hydrogen-bond donors (Lipinski definition) is 2. The van der Waals surface area contributed by atoms with Crippen molar-refractivity contribution in [1.29, 1.82) is 0 Å². The Balaban J connectivity index is 2.39. The van der Waals surface area contributed by atoms with Crippen molar-refractivity contribution in [3.8, 4) is 0 Å². The highest BCUT2D eigenvalue weighted by Gasteiger charge is 2.14. The number of anilines is 1. The summed E-state index contributed by atoms with van der Waals surface area (Å²) in [7, 11) is 0. The number of fused-ring (bicyclic) bond motifs is 1. The average Bonchev–Trinajstić information content (AvgIpc) is 2.42. The number of nitrogen functional groups attached to an aromatic ring is 1. The Hall–Kier alpha value is -1.58. The fourth-order valence-electron chi connectivity index (χ4n) is 1.54. The Kier molecular flexibility index (Phi) is 2.14. The van der Waals surface area contributed by atoms with Crippen LogP contribution in [0.25, 0.3) is 11.2 Å². The van der Waals surface area contributed by atoms with Gasteiger partial charge in [0.05, 0.1) is 5.52 Å². The minimum atomic E-state index is 0.222. The van der Waals surface area contributed by atoms with E-state index in [0.29, 0.717) is 11.5 Å². The molecule has 0 bridgehead atoms. The van der Waals surface area contributed by atoms with Crippen LogP contribution in [-0.2, 0) is 6.42 Å². The Morgan fingerprint density at radius 3 is 2.67 bits per heavy atom. The molecule has 0 atom stereocenters. The van der Waals surface area contributed by atoms with E-state index in [1.807, 2.05) is 6.07 Å². The number of aromatic amines is 1. The van der Waals surface area contributed by atoms with Crippen molar-refractivity contribution >= 4 is 17.0 Å². The smallest absolute Gasteiger partial charge is 0.179 e. The van der Waals surface area contributed by atoms with Gasteiger partial charge in [-0.15, -0.1) is 0 Å². The Morgan fingerprint density at radius 2 is 2.00 bits per heavy atom. The quantitative estimate of drug-likeness (QED) is 0.747. The molecule has 0 aliphatic carbocycles. The fourth-order valence-corrected chi connectivity index (χ4v) is 1.54. The molecule has 0 unspecified atom stereocenters. The second-order valence-electron chi connectivity index (χ2n) is 5.03. The van der Waals surface area contributed by atoms with Crippen molar-refractivity contribution in [2.75, 3.05) is 5.73 Å². The molecule has 0 aliphatic heterocycles. The van der Waals surface area contributed by atoms with Gasteiger partial charge in [0, 0.05) is 6.42 Å². The van der Waals surface area contributed by atoms with Gasteiger partial charge in [0.25, 0.3) is 0 Å². The van der Waals surface area contributed by atoms with E-state index in [1.54, 1.807) is 6.07 Å². The van der Waals surface area contributed by atoms with Gasteiger partial charge in [0.2, 0.25) is 0 Å². The first-order chi connectivity index (χ1) is 6.94. The highest BCUT2D eigenvalue weighted by atomic mass is 15.0. The van der Waals surface area contributed by atoms with E-state index in [9.17, 15) is 0 Å². The monoisotopic (exact) mass is 204 g/mol. The maximum atomic E-state index is 5.60. The molecule has 0 saturated carbocycles. The molecule has 0 saturated heterocycles. The third kappa shape index (κ3) is 2.26. The average molecular weight is 204 g/mol. The van der Waals surface area contributed by atoms with Crippen LogP contribution in [0.4, 0.5) is 5.82 Å². The first kappa shape index (κ1) is 9.96. The van der Waals surface area contributed by atoms with Gasteiger partial charge in [-0.25, -0.2) is 9.97 Å². The molecular formula is C11H16N4. The zero-order valence-electron chi connectivity index (χ0n) is 9.33. The SMILES string of the molecule is CC(C)(C)Cc1nc2nc(N)ccc2[nH]1. The van der Waals surface area contributed by atoms with Crippen LogP contribution in [0.2, 0.25) is 0 Å². The molecule has 4 heteroatoms. The summed E-state index contributed by atoms with van der Waals surface area (Å²) in [5, 5.41) is 0. The predicted octanol–water partition coefficient (Wildman–Crippen LogP) is 2.13. The molecule has 0 amide bonds. The summed E-state index contributed by atoms with van der Waals surface area (Å²) in [5.41, 5.74) is 7.47. The van der Waals surface area contributed by atoms with Gasteiger partial charge in [-0.1, -0.05) is 20.8 Å². The van der Waals surface area contributed by atoms with Gasteiger partial charge in [-0.3, -0.25) is 0 Å². The third-order valence-corrected chi connectivity index (χ3v) is 2.11. The molecule has 0 aliphatic rings. The summed E-state index contributed by atoms with van der Waals surface area (Å²) in [6, 6.07) is 3.69. The van der Waals surface area contributed by atoms with E-state index in [1.165, 1.54) is 0 Å². The van der Waals surface area contributed by atoms with Crippen LogP contribution >= 0.6 is 0 Å². The van der Waals surface area contributed by atoms with Gasteiger partial charge in [-0.05, 0) is 17.5 Å². The van der Waals surface area contributed by atoms with E-state index in [-0.39, 0.29) is 5.41 Å². The van der Waals surface area contributed by atoms with E-state index in [4.69, 9.17) is 5.73 Å². The Bertz CT molecular complexity index is 479.